The van der Waals surface area contributed by atoms with E-state index in [9.17, 15) is 4.79 Å². The molecule has 4 heteroatoms. The number of carbonyl (C=O) groups is 1. The van der Waals surface area contributed by atoms with E-state index >= 15 is 0 Å². The first-order valence-corrected chi connectivity index (χ1v) is 7.90. The minimum atomic E-state index is -0.0954. The van der Waals surface area contributed by atoms with Crippen molar-refractivity contribution in [2.45, 2.75) is 50.5 Å². The van der Waals surface area contributed by atoms with Gasteiger partial charge >= 0.3 is 0 Å². The zero-order valence-electron chi connectivity index (χ0n) is 11.8. The van der Waals surface area contributed by atoms with Crippen molar-refractivity contribution in [2.24, 2.45) is 5.92 Å². The summed E-state index contributed by atoms with van der Waals surface area (Å²) in [5, 5.41) is 3.41. The number of hydrogen-bond acceptors (Lipinski definition) is 3. The molecule has 1 amide bonds. The SMILES string of the molecule is O=C(CC1CCCC1)N1CCO[C@]2(CCCNC2)C1. The summed E-state index contributed by atoms with van der Waals surface area (Å²) in [6.45, 7) is 4.28. The van der Waals surface area contributed by atoms with Crippen molar-refractivity contribution in [3.63, 3.8) is 0 Å². The van der Waals surface area contributed by atoms with E-state index in [1.165, 1.54) is 25.7 Å². The van der Waals surface area contributed by atoms with Gasteiger partial charge in [-0.25, -0.2) is 0 Å². The summed E-state index contributed by atoms with van der Waals surface area (Å²) in [5.74, 6) is 1.01. The summed E-state index contributed by atoms with van der Waals surface area (Å²) in [6.07, 6.45) is 8.15. The molecule has 0 bridgehead atoms. The van der Waals surface area contributed by atoms with Crippen molar-refractivity contribution < 1.29 is 9.53 Å². The highest BCUT2D eigenvalue weighted by Gasteiger charge is 2.39. The highest BCUT2D eigenvalue weighted by atomic mass is 16.5. The molecule has 2 aliphatic heterocycles. The summed E-state index contributed by atoms with van der Waals surface area (Å²) in [4.78, 5) is 14.5. The maximum absolute atomic E-state index is 12.4. The van der Waals surface area contributed by atoms with Crippen LogP contribution in [0.15, 0.2) is 0 Å². The van der Waals surface area contributed by atoms with Gasteiger partial charge in [0.25, 0.3) is 0 Å². The largest absolute Gasteiger partial charge is 0.370 e. The summed E-state index contributed by atoms with van der Waals surface area (Å²) in [6, 6.07) is 0. The summed E-state index contributed by atoms with van der Waals surface area (Å²) in [5.41, 5.74) is -0.0954. The predicted octanol–water partition coefficient (Wildman–Crippen LogP) is 1.55. The Labute approximate surface area is 115 Å². The van der Waals surface area contributed by atoms with Crippen molar-refractivity contribution in [3.8, 4) is 0 Å². The predicted molar refractivity (Wildman–Crippen MR) is 73.9 cm³/mol. The molecule has 1 N–H and O–H groups in total. The molecule has 1 saturated carbocycles. The molecule has 1 aliphatic carbocycles. The lowest BCUT2D eigenvalue weighted by Crippen LogP contribution is -2.60. The summed E-state index contributed by atoms with van der Waals surface area (Å²) >= 11 is 0. The monoisotopic (exact) mass is 266 g/mol. The lowest BCUT2D eigenvalue weighted by Gasteiger charge is -2.45. The van der Waals surface area contributed by atoms with Gasteiger partial charge in [0.05, 0.1) is 18.8 Å². The van der Waals surface area contributed by atoms with Crippen LogP contribution in [0.5, 0.6) is 0 Å². The zero-order chi connectivity index (χ0) is 13.1. The molecule has 3 fully saturated rings. The first-order valence-electron chi connectivity index (χ1n) is 7.90. The number of rotatable bonds is 2. The number of morpholine rings is 1. The van der Waals surface area contributed by atoms with E-state index in [4.69, 9.17) is 4.74 Å². The molecule has 108 valence electrons. The Hall–Kier alpha value is -0.610. The normalized spacial score (nSPS) is 32.9. The van der Waals surface area contributed by atoms with Gasteiger partial charge in [0.15, 0.2) is 0 Å². The molecule has 19 heavy (non-hydrogen) atoms. The van der Waals surface area contributed by atoms with E-state index < -0.39 is 0 Å². The van der Waals surface area contributed by atoms with Crippen molar-refractivity contribution in [1.82, 2.24) is 10.2 Å². The second-order valence-electron chi connectivity index (χ2n) is 6.48. The van der Waals surface area contributed by atoms with E-state index in [1.54, 1.807) is 0 Å². The van der Waals surface area contributed by atoms with Gasteiger partial charge in [0.1, 0.15) is 0 Å². The van der Waals surface area contributed by atoms with E-state index in [-0.39, 0.29) is 5.60 Å². The Morgan fingerprint density at radius 3 is 2.89 bits per heavy atom. The van der Waals surface area contributed by atoms with Crippen LogP contribution in [0, 0.1) is 5.92 Å². The van der Waals surface area contributed by atoms with Crippen LogP contribution in [-0.2, 0) is 9.53 Å². The van der Waals surface area contributed by atoms with E-state index in [2.05, 4.69) is 10.2 Å². The van der Waals surface area contributed by atoms with Gasteiger partial charge in [0.2, 0.25) is 5.91 Å². The lowest BCUT2D eigenvalue weighted by molar-refractivity contribution is -0.154. The van der Waals surface area contributed by atoms with Crippen LogP contribution in [-0.4, -0.2) is 49.2 Å². The molecular formula is C15H26N2O2. The molecule has 3 aliphatic rings. The lowest BCUT2D eigenvalue weighted by atomic mass is 9.91. The Balaban J connectivity index is 1.56. The molecule has 0 aromatic heterocycles. The van der Waals surface area contributed by atoms with Crippen LogP contribution < -0.4 is 5.32 Å². The molecule has 2 heterocycles. The highest BCUT2D eigenvalue weighted by molar-refractivity contribution is 5.76. The standard InChI is InChI=1S/C15H26N2O2/c18-14(10-13-4-1-2-5-13)17-8-9-19-15(12-17)6-3-7-16-11-15/h13,16H,1-12H2/t15-/m0/s1. The number of nitrogens with one attached hydrogen (secondary N) is 1. The third-order valence-electron chi connectivity index (χ3n) is 4.97. The number of carbonyl (C=O) groups excluding carboxylic acids is 1. The Morgan fingerprint density at radius 1 is 1.32 bits per heavy atom. The first-order chi connectivity index (χ1) is 9.27. The summed E-state index contributed by atoms with van der Waals surface area (Å²) in [7, 11) is 0. The van der Waals surface area contributed by atoms with E-state index in [0.29, 0.717) is 18.4 Å². The Morgan fingerprint density at radius 2 is 2.16 bits per heavy atom. The van der Waals surface area contributed by atoms with Crippen LogP contribution in [0.2, 0.25) is 0 Å². The minimum Gasteiger partial charge on any atom is -0.370 e. The van der Waals surface area contributed by atoms with Crippen LogP contribution in [0.4, 0.5) is 0 Å². The zero-order valence-corrected chi connectivity index (χ0v) is 11.8. The van der Waals surface area contributed by atoms with E-state index in [0.717, 1.165) is 45.4 Å². The molecule has 1 atom stereocenters. The first kappa shape index (κ1) is 13.4. The smallest absolute Gasteiger partial charge is 0.223 e. The number of amides is 1. The van der Waals surface area contributed by atoms with Gasteiger partial charge < -0.3 is 15.0 Å². The topological polar surface area (TPSA) is 41.6 Å². The third kappa shape index (κ3) is 3.11. The third-order valence-corrected chi connectivity index (χ3v) is 4.97. The van der Waals surface area contributed by atoms with Crippen molar-refractivity contribution in [3.05, 3.63) is 0 Å². The molecule has 3 rings (SSSR count). The second-order valence-corrected chi connectivity index (χ2v) is 6.48. The highest BCUT2D eigenvalue weighted by Crippen LogP contribution is 2.30. The molecule has 1 spiro atoms. The number of ether oxygens (including phenoxy) is 1. The van der Waals surface area contributed by atoms with Gasteiger partial charge in [0, 0.05) is 19.5 Å². The number of nitrogens with zero attached hydrogens (tertiary/aromatic N) is 1. The molecule has 0 unspecified atom stereocenters. The molecule has 0 aromatic carbocycles. The summed E-state index contributed by atoms with van der Waals surface area (Å²) < 4.78 is 6.00. The maximum atomic E-state index is 12.4. The quantitative estimate of drug-likeness (QED) is 0.824. The molecule has 0 aromatic rings. The number of piperidine rings is 1. The maximum Gasteiger partial charge on any atom is 0.223 e. The second kappa shape index (κ2) is 5.80. The van der Waals surface area contributed by atoms with E-state index in [1.807, 2.05) is 0 Å². The van der Waals surface area contributed by atoms with Crippen LogP contribution in [0.25, 0.3) is 0 Å². The molecule has 0 radical (unpaired) electrons. The molecule has 4 nitrogen and oxygen atoms in total. The van der Waals surface area contributed by atoms with Crippen LogP contribution in [0.1, 0.15) is 44.9 Å². The van der Waals surface area contributed by atoms with Crippen molar-refractivity contribution >= 4 is 5.91 Å². The Bertz CT molecular complexity index is 315. The molecule has 2 saturated heterocycles. The van der Waals surface area contributed by atoms with Gasteiger partial charge in [-0.2, -0.15) is 0 Å². The minimum absolute atomic E-state index is 0.0954. The van der Waals surface area contributed by atoms with Crippen molar-refractivity contribution in [1.29, 1.82) is 0 Å². The number of hydrogen-bond donors (Lipinski definition) is 1. The van der Waals surface area contributed by atoms with Gasteiger partial charge in [-0.15, -0.1) is 0 Å². The average molecular weight is 266 g/mol. The fourth-order valence-electron chi connectivity index (χ4n) is 3.85. The fourth-order valence-corrected chi connectivity index (χ4v) is 3.85. The van der Waals surface area contributed by atoms with Crippen LogP contribution in [0.3, 0.4) is 0 Å². The van der Waals surface area contributed by atoms with Gasteiger partial charge in [-0.1, -0.05) is 12.8 Å². The Kier molecular flexibility index (Phi) is 4.08. The van der Waals surface area contributed by atoms with Gasteiger partial charge in [-0.05, 0) is 38.1 Å². The average Bonchev–Trinajstić information content (AvgIpc) is 2.92. The van der Waals surface area contributed by atoms with Gasteiger partial charge in [-0.3, -0.25) is 4.79 Å². The van der Waals surface area contributed by atoms with Crippen LogP contribution >= 0.6 is 0 Å². The molecular weight excluding hydrogens is 240 g/mol. The fraction of sp³-hybridized carbons (Fsp3) is 0.933. The van der Waals surface area contributed by atoms with Crippen molar-refractivity contribution in [2.75, 3.05) is 32.8 Å².